The van der Waals surface area contributed by atoms with Crippen LogP contribution in [0, 0.1) is 5.92 Å². The Morgan fingerprint density at radius 2 is 2.10 bits per heavy atom. The van der Waals surface area contributed by atoms with E-state index in [9.17, 15) is 4.79 Å². The van der Waals surface area contributed by atoms with Crippen LogP contribution in [-0.2, 0) is 11.8 Å². The highest BCUT2D eigenvalue weighted by molar-refractivity contribution is 6.41. The first-order chi connectivity index (χ1) is 14.5. The van der Waals surface area contributed by atoms with Crippen molar-refractivity contribution in [2.75, 3.05) is 6.54 Å². The number of aromatic nitrogens is 2. The summed E-state index contributed by atoms with van der Waals surface area (Å²) in [5.74, 6) is 0.127. The predicted octanol–water partition coefficient (Wildman–Crippen LogP) is 3.61. The Bertz CT molecular complexity index is 1100. The molecule has 7 heteroatoms. The third-order valence-electron chi connectivity index (χ3n) is 5.62. The van der Waals surface area contributed by atoms with Gasteiger partial charge in [-0.05, 0) is 31.4 Å². The van der Waals surface area contributed by atoms with E-state index in [1.165, 1.54) is 0 Å². The molecule has 0 spiro atoms. The maximum Gasteiger partial charge on any atom is 0.123 e. The summed E-state index contributed by atoms with van der Waals surface area (Å²) in [5, 5.41) is 0.643. The maximum atomic E-state index is 10.9. The second-order valence-corrected chi connectivity index (χ2v) is 8.15. The van der Waals surface area contributed by atoms with E-state index in [1.807, 2.05) is 49.0 Å². The highest BCUT2D eigenvalue weighted by Gasteiger charge is 2.31. The minimum Gasteiger partial charge on any atom is -0.404 e. The van der Waals surface area contributed by atoms with E-state index < -0.39 is 0 Å². The normalized spacial score (nSPS) is 22.2. The van der Waals surface area contributed by atoms with E-state index in [1.54, 1.807) is 12.5 Å². The summed E-state index contributed by atoms with van der Waals surface area (Å²) in [4.78, 5) is 25.1. The van der Waals surface area contributed by atoms with Crippen LogP contribution in [0.1, 0.15) is 31.0 Å². The third kappa shape index (κ3) is 3.75. The molecule has 154 valence electrons. The lowest BCUT2D eigenvalue weighted by atomic mass is 9.81. The van der Waals surface area contributed by atoms with Crippen LogP contribution < -0.4 is 5.73 Å². The van der Waals surface area contributed by atoms with Gasteiger partial charge in [0.2, 0.25) is 0 Å². The van der Waals surface area contributed by atoms with Crippen molar-refractivity contribution in [3.05, 3.63) is 70.4 Å². The number of hydrogen-bond acceptors (Lipinski definition) is 5. The molecule has 1 aliphatic carbocycles. The van der Waals surface area contributed by atoms with Gasteiger partial charge in [-0.3, -0.25) is 9.98 Å². The van der Waals surface area contributed by atoms with Gasteiger partial charge >= 0.3 is 0 Å². The van der Waals surface area contributed by atoms with E-state index in [0.29, 0.717) is 11.6 Å². The number of aldehydes is 1. The van der Waals surface area contributed by atoms with Gasteiger partial charge in [0.15, 0.2) is 0 Å². The number of benzene rings is 1. The zero-order valence-electron chi connectivity index (χ0n) is 17.0. The smallest absolute Gasteiger partial charge is 0.123 e. The van der Waals surface area contributed by atoms with Crippen LogP contribution in [0.3, 0.4) is 0 Å². The number of halogens is 1. The largest absolute Gasteiger partial charge is 0.404 e. The van der Waals surface area contributed by atoms with Gasteiger partial charge in [-0.25, -0.2) is 4.98 Å². The zero-order chi connectivity index (χ0) is 21.3. The highest BCUT2D eigenvalue weighted by atomic mass is 35.5. The highest BCUT2D eigenvalue weighted by Crippen LogP contribution is 2.35. The number of imidazole rings is 1. The van der Waals surface area contributed by atoms with Gasteiger partial charge in [0.05, 0.1) is 30.3 Å². The van der Waals surface area contributed by atoms with Gasteiger partial charge in [-0.1, -0.05) is 29.8 Å². The molecule has 0 radical (unpaired) electrons. The van der Waals surface area contributed by atoms with E-state index in [2.05, 4.69) is 4.98 Å². The van der Waals surface area contributed by atoms with Gasteiger partial charge in [0, 0.05) is 52.8 Å². The van der Waals surface area contributed by atoms with Crippen LogP contribution in [0.4, 0.5) is 0 Å². The van der Waals surface area contributed by atoms with Crippen molar-refractivity contribution in [2.24, 2.45) is 28.7 Å². The molecule has 0 saturated heterocycles. The fourth-order valence-electron chi connectivity index (χ4n) is 4.00. The lowest BCUT2D eigenvalue weighted by Crippen LogP contribution is -2.29. The lowest BCUT2D eigenvalue weighted by molar-refractivity contribution is -0.113. The Labute approximate surface area is 180 Å². The van der Waals surface area contributed by atoms with E-state index in [-0.39, 0.29) is 12.0 Å². The fourth-order valence-corrected chi connectivity index (χ4v) is 4.22. The van der Waals surface area contributed by atoms with Gasteiger partial charge in [-0.2, -0.15) is 0 Å². The Morgan fingerprint density at radius 3 is 2.73 bits per heavy atom. The minimum atomic E-state index is 0.127. The Kier molecular flexibility index (Phi) is 5.68. The lowest BCUT2D eigenvalue weighted by Gasteiger charge is -2.29. The van der Waals surface area contributed by atoms with E-state index in [4.69, 9.17) is 27.3 Å². The number of aryl methyl sites for hydroxylation is 1. The number of carbonyl (C=O) groups excluding carboxylic acids is 1. The molecule has 1 fully saturated rings. The average molecular weight is 422 g/mol. The van der Waals surface area contributed by atoms with Crippen LogP contribution in [0.25, 0.3) is 5.57 Å². The molecule has 2 aliphatic rings. The van der Waals surface area contributed by atoms with E-state index in [0.717, 1.165) is 58.5 Å². The SMILES string of the molecule is CC(=NC1CC(C=O)C1)C(=CN)C1=C(c2cn(C)cn2)C(c2ccccc2Cl)=NC1. The Hall–Kier alpha value is -2.99. The van der Waals surface area contributed by atoms with Crippen molar-refractivity contribution >= 4 is 34.9 Å². The molecule has 2 N–H and O–H groups in total. The topological polar surface area (TPSA) is 85.6 Å². The Balaban J connectivity index is 1.77. The van der Waals surface area contributed by atoms with Crippen LogP contribution in [0.5, 0.6) is 0 Å². The molecule has 0 atom stereocenters. The zero-order valence-corrected chi connectivity index (χ0v) is 17.8. The molecule has 0 bridgehead atoms. The van der Waals surface area contributed by atoms with Crippen molar-refractivity contribution in [1.82, 2.24) is 9.55 Å². The summed E-state index contributed by atoms with van der Waals surface area (Å²) >= 11 is 6.49. The molecule has 6 nitrogen and oxygen atoms in total. The van der Waals surface area contributed by atoms with Crippen molar-refractivity contribution in [1.29, 1.82) is 0 Å². The second kappa shape index (κ2) is 8.40. The van der Waals surface area contributed by atoms with Crippen LogP contribution in [0.15, 0.2) is 64.1 Å². The van der Waals surface area contributed by atoms with Crippen molar-refractivity contribution in [2.45, 2.75) is 25.8 Å². The first kappa shape index (κ1) is 20.3. The molecule has 1 aromatic carbocycles. The molecule has 0 amide bonds. The maximum absolute atomic E-state index is 10.9. The predicted molar refractivity (Wildman–Crippen MR) is 121 cm³/mol. The molecule has 0 unspecified atom stereocenters. The summed E-state index contributed by atoms with van der Waals surface area (Å²) in [6, 6.07) is 7.84. The van der Waals surface area contributed by atoms with Crippen molar-refractivity contribution < 1.29 is 4.79 Å². The quantitative estimate of drug-likeness (QED) is 0.571. The monoisotopic (exact) mass is 421 g/mol. The second-order valence-electron chi connectivity index (χ2n) is 7.74. The third-order valence-corrected chi connectivity index (χ3v) is 5.95. The van der Waals surface area contributed by atoms with Gasteiger partial charge in [0.1, 0.15) is 6.29 Å². The number of hydrogen-bond donors (Lipinski definition) is 1. The summed E-state index contributed by atoms with van der Waals surface area (Å²) in [6.45, 7) is 2.44. The molecule has 4 rings (SSSR count). The summed E-state index contributed by atoms with van der Waals surface area (Å²) < 4.78 is 1.91. The van der Waals surface area contributed by atoms with Gasteiger partial charge in [0.25, 0.3) is 0 Å². The average Bonchev–Trinajstić information content (AvgIpc) is 3.31. The first-order valence-electron chi connectivity index (χ1n) is 9.95. The minimum absolute atomic E-state index is 0.127. The molecule has 30 heavy (non-hydrogen) atoms. The van der Waals surface area contributed by atoms with Gasteiger partial charge in [-0.15, -0.1) is 0 Å². The number of carbonyl (C=O) groups is 1. The number of rotatable bonds is 6. The number of nitrogens with zero attached hydrogens (tertiary/aromatic N) is 4. The number of aliphatic imine (C=N–C) groups is 2. The summed E-state index contributed by atoms with van der Waals surface area (Å²) in [5.41, 5.74) is 12.2. The number of allylic oxidation sites excluding steroid dienone is 1. The molecule has 2 aromatic rings. The van der Waals surface area contributed by atoms with E-state index >= 15 is 0 Å². The van der Waals surface area contributed by atoms with Gasteiger partial charge < -0.3 is 15.1 Å². The Morgan fingerprint density at radius 1 is 1.33 bits per heavy atom. The number of nitrogens with two attached hydrogens (primary N) is 1. The molecule has 1 aromatic heterocycles. The van der Waals surface area contributed by atoms with Crippen molar-refractivity contribution in [3.8, 4) is 0 Å². The molecule has 1 saturated carbocycles. The van der Waals surface area contributed by atoms with Crippen LogP contribution >= 0.6 is 11.6 Å². The van der Waals surface area contributed by atoms with Crippen molar-refractivity contribution in [3.63, 3.8) is 0 Å². The molecule has 1 aliphatic heterocycles. The van der Waals surface area contributed by atoms with Crippen LogP contribution in [-0.4, -0.2) is 39.8 Å². The fraction of sp³-hybridized carbons (Fsp3) is 0.304. The molecule has 2 heterocycles. The summed E-state index contributed by atoms with van der Waals surface area (Å²) in [7, 11) is 1.93. The first-order valence-corrected chi connectivity index (χ1v) is 10.3. The molecular formula is C23H24ClN5O. The van der Waals surface area contributed by atoms with Crippen LogP contribution in [0.2, 0.25) is 5.02 Å². The molecular weight excluding hydrogens is 398 g/mol. The standard InChI is InChI=1S/C23H24ClN5O/c1-14(28-16-7-15(8-16)12-30)18(9-25)19-10-26-23(17-5-3-4-6-20(17)24)22(19)21-11-29(2)13-27-21/h3-6,9,11-13,15-16H,7-8,10,25H2,1-2H3. The summed E-state index contributed by atoms with van der Waals surface area (Å²) in [6.07, 6.45) is 7.94.